The first-order valence-corrected chi connectivity index (χ1v) is 3.56. The first-order valence-electron chi connectivity index (χ1n) is 3.56. The second-order valence-corrected chi connectivity index (χ2v) is 2.39. The molecule has 1 aromatic carbocycles. The van der Waals surface area contributed by atoms with E-state index in [1.54, 1.807) is 13.0 Å². The minimum absolute atomic E-state index is 0.0374. The van der Waals surface area contributed by atoms with Gasteiger partial charge in [0.2, 0.25) is 0 Å². The molecule has 12 heavy (non-hydrogen) atoms. The second kappa shape index (κ2) is 3.85. The Kier molecular flexibility index (Phi) is 2.80. The molecule has 1 aromatic rings. The summed E-state index contributed by atoms with van der Waals surface area (Å²) >= 11 is 0. The number of benzene rings is 1. The van der Waals surface area contributed by atoms with Gasteiger partial charge in [-0.2, -0.15) is 0 Å². The van der Waals surface area contributed by atoms with Crippen molar-refractivity contribution in [2.45, 2.75) is 6.92 Å². The van der Waals surface area contributed by atoms with Crippen LogP contribution in [0.1, 0.15) is 5.56 Å². The van der Waals surface area contributed by atoms with Gasteiger partial charge in [0.05, 0.1) is 0 Å². The molecule has 0 atom stereocenters. The molecule has 64 valence electrons. The molecular formula is C9H9FO2. The van der Waals surface area contributed by atoms with E-state index in [9.17, 15) is 9.18 Å². The smallest absolute Gasteiger partial charge is 0.157 e. The van der Waals surface area contributed by atoms with Crippen molar-refractivity contribution in [3.63, 3.8) is 0 Å². The minimum atomic E-state index is -0.360. The second-order valence-electron chi connectivity index (χ2n) is 2.39. The lowest BCUT2D eigenvalue weighted by atomic mass is 10.2. The van der Waals surface area contributed by atoms with Crippen molar-refractivity contribution in [3.8, 4) is 5.75 Å². The standard InChI is InChI=1S/C9H9FO2/c1-7-2-3-8(10)6-9(7)12-5-4-11/h2-4,6H,5H2,1H3. The minimum Gasteiger partial charge on any atom is -0.486 e. The molecule has 0 heterocycles. The van der Waals surface area contributed by atoms with Crippen LogP contribution >= 0.6 is 0 Å². The Morgan fingerprint density at radius 2 is 2.33 bits per heavy atom. The van der Waals surface area contributed by atoms with Crippen molar-refractivity contribution in [2.75, 3.05) is 6.61 Å². The molecule has 0 amide bonds. The van der Waals surface area contributed by atoms with Crippen LogP contribution in [0.15, 0.2) is 18.2 Å². The van der Waals surface area contributed by atoms with E-state index in [1.807, 2.05) is 0 Å². The zero-order valence-corrected chi connectivity index (χ0v) is 6.71. The topological polar surface area (TPSA) is 26.3 Å². The van der Waals surface area contributed by atoms with Gasteiger partial charge in [-0.25, -0.2) is 4.39 Å². The van der Waals surface area contributed by atoms with Crippen LogP contribution < -0.4 is 4.74 Å². The monoisotopic (exact) mass is 168 g/mol. The van der Waals surface area contributed by atoms with E-state index >= 15 is 0 Å². The summed E-state index contributed by atoms with van der Waals surface area (Å²) in [6.07, 6.45) is 0.629. The van der Waals surface area contributed by atoms with E-state index in [2.05, 4.69) is 0 Å². The van der Waals surface area contributed by atoms with Gasteiger partial charge in [-0.1, -0.05) is 6.07 Å². The molecule has 0 aliphatic carbocycles. The summed E-state index contributed by atoms with van der Waals surface area (Å²) in [6, 6.07) is 4.22. The van der Waals surface area contributed by atoms with Crippen molar-refractivity contribution in [3.05, 3.63) is 29.6 Å². The first-order chi connectivity index (χ1) is 5.74. The highest BCUT2D eigenvalue weighted by Crippen LogP contribution is 2.17. The fraction of sp³-hybridized carbons (Fsp3) is 0.222. The van der Waals surface area contributed by atoms with Gasteiger partial charge in [-0.15, -0.1) is 0 Å². The van der Waals surface area contributed by atoms with Crippen LogP contribution in [0, 0.1) is 12.7 Å². The Balaban J connectivity index is 2.82. The van der Waals surface area contributed by atoms with Gasteiger partial charge in [0.25, 0.3) is 0 Å². The number of hydrogen-bond donors (Lipinski definition) is 0. The predicted octanol–water partition coefficient (Wildman–Crippen LogP) is 1.71. The number of aryl methyl sites for hydroxylation is 1. The third kappa shape index (κ3) is 2.05. The van der Waals surface area contributed by atoms with Crippen LogP contribution in [0.25, 0.3) is 0 Å². The fourth-order valence-corrected chi connectivity index (χ4v) is 0.853. The number of ether oxygens (including phenoxy) is 1. The quantitative estimate of drug-likeness (QED) is 0.642. The van der Waals surface area contributed by atoms with E-state index in [4.69, 9.17) is 4.74 Å². The third-order valence-corrected chi connectivity index (χ3v) is 1.46. The van der Waals surface area contributed by atoms with Crippen LogP contribution in [0.3, 0.4) is 0 Å². The van der Waals surface area contributed by atoms with E-state index < -0.39 is 0 Å². The van der Waals surface area contributed by atoms with E-state index in [-0.39, 0.29) is 12.4 Å². The van der Waals surface area contributed by atoms with Crippen LogP contribution in [0.4, 0.5) is 4.39 Å². The zero-order valence-electron chi connectivity index (χ0n) is 6.71. The Hall–Kier alpha value is -1.38. The van der Waals surface area contributed by atoms with Crippen molar-refractivity contribution in [2.24, 2.45) is 0 Å². The van der Waals surface area contributed by atoms with Crippen LogP contribution in [0.2, 0.25) is 0 Å². The largest absolute Gasteiger partial charge is 0.486 e. The summed E-state index contributed by atoms with van der Waals surface area (Å²) in [6.45, 7) is 1.75. The maximum atomic E-state index is 12.6. The first kappa shape index (κ1) is 8.71. The molecule has 0 aliphatic rings. The van der Waals surface area contributed by atoms with Crippen LogP contribution in [0.5, 0.6) is 5.75 Å². The van der Waals surface area contributed by atoms with Gasteiger partial charge in [0, 0.05) is 6.07 Å². The average molecular weight is 168 g/mol. The predicted molar refractivity (Wildman–Crippen MR) is 42.7 cm³/mol. The molecule has 0 aliphatic heterocycles. The Labute approximate surface area is 70.0 Å². The lowest BCUT2D eigenvalue weighted by Crippen LogP contribution is -1.99. The van der Waals surface area contributed by atoms with Gasteiger partial charge in [0.1, 0.15) is 18.2 Å². The highest BCUT2D eigenvalue weighted by molar-refractivity contribution is 5.51. The summed E-state index contributed by atoms with van der Waals surface area (Å²) < 4.78 is 17.6. The van der Waals surface area contributed by atoms with E-state index in [0.29, 0.717) is 12.0 Å². The number of carbonyl (C=O) groups is 1. The molecule has 0 radical (unpaired) electrons. The summed E-state index contributed by atoms with van der Waals surface area (Å²) in [5.41, 5.74) is 0.818. The lowest BCUT2D eigenvalue weighted by molar-refractivity contribution is -0.109. The van der Waals surface area contributed by atoms with E-state index in [1.165, 1.54) is 12.1 Å². The Morgan fingerprint density at radius 3 is 3.00 bits per heavy atom. The third-order valence-electron chi connectivity index (χ3n) is 1.46. The van der Waals surface area contributed by atoms with Gasteiger partial charge < -0.3 is 4.74 Å². The normalized spacial score (nSPS) is 9.50. The number of halogens is 1. The molecule has 3 heteroatoms. The Morgan fingerprint density at radius 1 is 1.58 bits per heavy atom. The Bertz CT molecular complexity index is 284. The van der Waals surface area contributed by atoms with Gasteiger partial charge in [-0.05, 0) is 18.6 Å². The lowest BCUT2D eigenvalue weighted by Gasteiger charge is -2.04. The highest BCUT2D eigenvalue weighted by Gasteiger charge is 1.99. The van der Waals surface area contributed by atoms with Gasteiger partial charge in [-0.3, -0.25) is 4.79 Å². The summed E-state index contributed by atoms with van der Waals surface area (Å²) in [5.74, 6) is 0.0589. The highest BCUT2D eigenvalue weighted by atomic mass is 19.1. The van der Waals surface area contributed by atoms with Crippen molar-refractivity contribution < 1.29 is 13.9 Å². The molecule has 0 saturated carbocycles. The fourth-order valence-electron chi connectivity index (χ4n) is 0.853. The summed E-state index contributed by atoms with van der Waals surface area (Å²) in [5, 5.41) is 0. The molecule has 1 rings (SSSR count). The van der Waals surface area contributed by atoms with Gasteiger partial charge in [0.15, 0.2) is 6.29 Å². The number of aldehydes is 1. The molecule has 0 aromatic heterocycles. The molecule has 0 fully saturated rings. The molecule has 0 bridgehead atoms. The molecular weight excluding hydrogens is 159 g/mol. The number of hydrogen-bond acceptors (Lipinski definition) is 2. The maximum absolute atomic E-state index is 12.6. The summed E-state index contributed by atoms with van der Waals surface area (Å²) in [7, 11) is 0. The molecule has 2 nitrogen and oxygen atoms in total. The maximum Gasteiger partial charge on any atom is 0.157 e. The number of rotatable bonds is 3. The zero-order chi connectivity index (χ0) is 8.97. The molecule has 0 saturated heterocycles. The van der Waals surface area contributed by atoms with Crippen molar-refractivity contribution >= 4 is 6.29 Å². The molecule has 0 spiro atoms. The molecule has 0 unspecified atom stereocenters. The number of carbonyl (C=O) groups excluding carboxylic acids is 1. The van der Waals surface area contributed by atoms with Crippen molar-refractivity contribution in [1.29, 1.82) is 0 Å². The molecule has 0 N–H and O–H groups in total. The summed E-state index contributed by atoms with van der Waals surface area (Å²) in [4.78, 5) is 9.96. The average Bonchev–Trinajstić information content (AvgIpc) is 2.07. The van der Waals surface area contributed by atoms with Crippen molar-refractivity contribution in [1.82, 2.24) is 0 Å². The van der Waals surface area contributed by atoms with E-state index in [0.717, 1.165) is 5.56 Å². The van der Waals surface area contributed by atoms with Crippen LogP contribution in [-0.2, 0) is 4.79 Å². The SMILES string of the molecule is Cc1ccc(F)cc1OCC=O. The van der Waals surface area contributed by atoms with Crippen LogP contribution in [-0.4, -0.2) is 12.9 Å². The van der Waals surface area contributed by atoms with Gasteiger partial charge >= 0.3 is 0 Å².